The lowest BCUT2D eigenvalue weighted by atomic mass is 9.66. The van der Waals surface area contributed by atoms with E-state index in [-0.39, 0.29) is 23.0 Å². The fourth-order valence-corrected chi connectivity index (χ4v) is 8.40. The Balaban J connectivity index is 0.00000207. The Labute approximate surface area is 267 Å². The summed E-state index contributed by atoms with van der Waals surface area (Å²) in [4.78, 5) is 28.2. The number of hydrogen-bond acceptors (Lipinski definition) is 4. The van der Waals surface area contributed by atoms with Crippen molar-refractivity contribution in [1.82, 2.24) is 4.72 Å². The van der Waals surface area contributed by atoms with E-state index >= 15 is 0 Å². The summed E-state index contributed by atoms with van der Waals surface area (Å²) < 4.78 is 9.68. The summed E-state index contributed by atoms with van der Waals surface area (Å²) in [6, 6.07) is 12.1. The van der Waals surface area contributed by atoms with E-state index in [9.17, 15) is 9.59 Å². The summed E-state index contributed by atoms with van der Waals surface area (Å²) in [7, 11) is -0.507. The molecule has 5 nitrogen and oxygen atoms in total. The molecule has 2 bridgehead atoms. The number of carbonyl (C=O) groups excluding carboxylic acids is 2. The second kappa shape index (κ2) is 15.6. The van der Waals surface area contributed by atoms with E-state index in [0.29, 0.717) is 29.9 Å². The number of carbonyl (C=O) groups is 2. The average molecular weight is 627 g/mol. The fourth-order valence-electron chi connectivity index (χ4n) is 6.97. The summed E-state index contributed by atoms with van der Waals surface area (Å²) in [5, 5.41) is 1.03. The van der Waals surface area contributed by atoms with Crippen molar-refractivity contribution in [1.29, 1.82) is 0 Å². The standard InChI is InChI=1S/C34H45ClN2O3S.C2H6/c1-5-7-24-16-29(35)12-14-30(24)28-19-37-18-26-10-13-31(26)27(20-38)9-6-8-22(2)23(3)41(4)36-34(39)25-11-15-33(40-21-28)32(37)17-25;1-2/h11-12,14-17,20,22-23,26-28,31H,4-10,13,18-19,21H2,1-3H3,(H,36,39);1-2H3. The number of rotatable bonds is 4. The van der Waals surface area contributed by atoms with Crippen LogP contribution >= 0.6 is 22.3 Å². The number of nitrogens with zero attached hydrogens (tertiary/aromatic N) is 1. The molecule has 1 saturated carbocycles. The molecular formula is C36H51ClN2O3S. The van der Waals surface area contributed by atoms with Crippen molar-refractivity contribution in [3.05, 3.63) is 58.1 Å². The number of halogens is 1. The van der Waals surface area contributed by atoms with E-state index in [1.165, 1.54) is 17.4 Å². The lowest BCUT2D eigenvalue weighted by Crippen LogP contribution is -2.43. The second-order valence-corrected chi connectivity index (χ2v) is 14.7. The van der Waals surface area contributed by atoms with Crippen molar-refractivity contribution in [2.24, 2.45) is 23.7 Å². The highest BCUT2D eigenvalue weighted by Crippen LogP contribution is 2.45. The third-order valence-corrected chi connectivity index (χ3v) is 11.9. The Morgan fingerprint density at radius 2 is 1.88 bits per heavy atom. The number of aryl methyl sites for hydroxylation is 1. The van der Waals surface area contributed by atoms with Gasteiger partial charge in [-0.1, -0.05) is 81.7 Å². The molecule has 0 saturated heterocycles. The van der Waals surface area contributed by atoms with Crippen LogP contribution < -0.4 is 14.4 Å². The van der Waals surface area contributed by atoms with Crippen molar-refractivity contribution >= 4 is 46.0 Å². The zero-order chi connectivity index (χ0) is 31.1. The smallest absolute Gasteiger partial charge is 0.260 e. The van der Waals surface area contributed by atoms with Gasteiger partial charge in [-0.15, -0.1) is 0 Å². The topological polar surface area (TPSA) is 58.6 Å². The van der Waals surface area contributed by atoms with Crippen LogP contribution in [0.2, 0.25) is 5.02 Å². The quantitative estimate of drug-likeness (QED) is 0.272. The van der Waals surface area contributed by atoms with Crippen molar-refractivity contribution < 1.29 is 14.3 Å². The molecule has 0 spiro atoms. The molecule has 236 valence electrons. The third kappa shape index (κ3) is 7.86. The first-order valence-corrected chi connectivity index (χ1v) is 18.2. The van der Waals surface area contributed by atoms with Gasteiger partial charge >= 0.3 is 0 Å². The van der Waals surface area contributed by atoms with Gasteiger partial charge < -0.3 is 19.2 Å². The van der Waals surface area contributed by atoms with Gasteiger partial charge in [-0.2, -0.15) is 0 Å². The first-order valence-electron chi connectivity index (χ1n) is 16.4. The maximum absolute atomic E-state index is 13.4. The van der Waals surface area contributed by atoms with Gasteiger partial charge in [0.05, 0.1) is 12.3 Å². The third-order valence-electron chi connectivity index (χ3n) is 9.83. The number of fused-ring (bicyclic) bond motifs is 2. The van der Waals surface area contributed by atoms with Gasteiger partial charge in [0.25, 0.3) is 5.91 Å². The Bertz CT molecular complexity index is 1280. The van der Waals surface area contributed by atoms with Crippen molar-refractivity contribution in [3.63, 3.8) is 0 Å². The summed E-state index contributed by atoms with van der Waals surface area (Å²) in [6.45, 7) is 12.8. The molecule has 2 aromatic carbocycles. The molecule has 0 radical (unpaired) electrons. The molecule has 7 heteroatoms. The molecule has 3 aliphatic rings. The van der Waals surface area contributed by atoms with E-state index in [2.05, 4.69) is 48.4 Å². The SMILES string of the molecule is C=S1NC(=O)c2ccc3c(c2)N(CC(c2ccc(Cl)cc2CCC)CO3)CC2CCC2C(C=O)CCCC(C)C1C.CC. The second-order valence-electron chi connectivity index (χ2n) is 12.5. The molecule has 2 heterocycles. The minimum absolute atomic E-state index is 0.0801. The number of aldehydes is 1. The zero-order valence-electron chi connectivity index (χ0n) is 26.7. The molecule has 1 amide bonds. The largest absolute Gasteiger partial charge is 0.491 e. The molecule has 7 atom stereocenters. The molecule has 2 aliphatic heterocycles. The van der Waals surface area contributed by atoms with Crippen LogP contribution in [0.5, 0.6) is 5.75 Å². The number of nitrogens with one attached hydrogen (secondary N) is 1. The average Bonchev–Trinajstić information content (AvgIpc) is 3.18. The van der Waals surface area contributed by atoms with Crippen LogP contribution in [0.4, 0.5) is 5.69 Å². The molecule has 1 aliphatic carbocycles. The van der Waals surface area contributed by atoms with Crippen molar-refractivity contribution in [2.75, 3.05) is 24.6 Å². The fraction of sp³-hybridized carbons (Fsp3) is 0.583. The molecule has 0 aromatic heterocycles. The Hall–Kier alpha value is -2.31. The first kappa shape index (κ1) is 33.6. The van der Waals surface area contributed by atoms with E-state index in [1.807, 2.05) is 38.1 Å². The van der Waals surface area contributed by atoms with Crippen LogP contribution in [-0.4, -0.2) is 43.0 Å². The lowest BCUT2D eigenvalue weighted by Gasteiger charge is -2.43. The number of hydrogen-bond donors (Lipinski definition) is 1. The highest BCUT2D eigenvalue weighted by Gasteiger charge is 2.39. The van der Waals surface area contributed by atoms with Crippen LogP contribution in [0.3, 0.4) is 0 Å². The van der Waals surface area contributed by atoms with E-state index in [1.54, 1.807) is 0 Å². The van der Waals surface area contributed by atoms with Crippen LogP contribution in [0.1, 0.15) is 101 Å². The minimum Gasteiger partial charge on any atom is -0.491 e. The first-order chi connectivity index (χ1) is 20.8. The molecule has 1 N–H and O–H groups in total. The normalized spacial score (nSPS) is 29.4. The molecule has 7 unspecified atom stereocenters. The molecule has 1 fully saturated rings. The number of ether oxygens (including phenoxy) is 1. The van der Waals surface area contributed by atoms with Crippen LogP contribution in [0.15, 0.2) is 36.4 Å². The van der Waals surface area contributed by atoms with Gasteiger partial charge in [-0.05, 0) is 91.3 Å². The Morgan fingerprint density at radius 3 is 2.58 bits per heavy atom. The predicted octanol–water partition coefficient (Wildman–Crippen LogP) is 8.70. The van der Waals surface area contributed by atoms with Gasteiger partial charge in [0.15, 0.2) is 0 Å². The summed E-state index contributed by atoms with van der Waals surface area (Å²) in [6.07, 6.45) is 8.51. The molecule has 5 rings (SSSR count). The Morgan fingerprint density at radius 1 is 1.09 bits per heavy atom. The maximum Gasteiger partial charge on any atom is 0.260 e. The van der Waals surface area contributed by atoms with Crippen LogP contribution in [-0.2, 0) is 11.2 Å². The van der Waals surface area contributed by atoms with Gasteiger partial charge in [-0.3, -0.25) is 4.79 Å². The number of amides is 1. The maximum atomic E-state index is 13.4. The zero-order valence-corrected chi connectivity index (χ0v) is 28.3. The molecule has 43 heavy (non-hydrogen) atoms. The lowest BCUT2D eigenvalue weighted by molar-refractivity contribution is -0.115. The van der Waals surface area contributed by atoms with Crippen LogP contribution in [0, 0.1) is 23.7 Å². The monoisotopic (exact) mass is 626 g/mol. The van der Waals surface area contributed by atoms with Crippen molar-refractivity contribution in [2.45, 2.75) is 90.7 Å². The highest BCUT2D eigenvalue weighted by molar-refractivity contribution is 8.13. The summed E-state index contributed by atoms with van der Waals surface area (Å²) in [5.41, 5.74) is 4.17. The predicted molar refractivity (Wildman–Crippen MR) is 184 cm³/mol. The van der Waals surface area contributed by atoms with Gasteiger partial charge in [0.1, 0.15) is 12.0 Å². The van der Waals surface area contributed by atoms with Gasteiger partial charge in [0.2, 0.25) is 0 Å². The number of anilines is 1. The minimum atomic E-state index is -0.507. The van der Waals surface area contributed by atoms with Crippen molar-refractivity contribution in [3.8, 4) is 5.75 Å². The highest BCUT2D eigenvalue weighted by atomic mass is 35.5. The molecule has 2 aromatic rings. The van der Waals surface area contributed by atoms with Crippen LogP contribution in [0.25, 0.3) is 0 Å². The van der Waals surface area contributed by atoms with E-state index in [4.69, 9.17) is 16.3 Å². The molecular weight excluding hydrogens is 576 g/mol. The summed E-state index contributed by atoms with van der Waals surface area (Å²) >= 11 is 6.41. The van der Waals surface area contributed by atoms with Gasteiger partial charge in [-0.25, -0.2) is 0 Å². The van der Waals surface area contributed by atoms with Gasteiger partial charge in [0, 0.05) is 40.8 Å². The summed E-state index contributed by atoms with van der Waals surface area (Å²) in [5.74, 6) is 6.62. The number of benzene rings is 2. The Kier molecular flexibility index (Phi) is 12.2. The van der Waals surface area contributed by atoms with E-state index in [0.717, 1.165) is 74.5 Å². The van der Waals surface area contributed by atoms with E-state index < -0.39 is 10.7 Å².